The molecular weight excluding hydrogens is 284 g/mol. The molecule has 2 N–H and O–H groups in total. The number of nitrogens with two attached hydrogens (primary N) is 1. The Bertz CT molecular complexity index is 558. The monoisotopic (exact) mass is 310 g/mol. The average Bonchev–Trinajstić information content (AvgIpc) is 2.49. The summed E-state index contributed by atoms with van der Waals surface area (Å²) in [6, 6.07) is 7.13. The van der Waals surface area contributed by atoms with Crippen molar-refractivity contribution in [2.45, 2.75) is 44.4 Å². The van der Waals surface area contributed by atoms with Crippen LogP contribution in [-0.2, 0) is 16.4 Å². The molecule has 118 valence electrons. The average molecular weight is 310 g/mol. The number of piperidine rings is 1. The van der Waals surface area contributed by atoms with Gasteiger partial charge >= 0.3 is 0 Å². The van der Waals surface area contributed by atoms with E-state index in [0.717, 1.165) is 31.2 Å². The second kappa shape index (κ2) is 6.46. The Hall–Kier alpha value is -0.910. The van der Waals surface area contributed by atoms with Gasteiger partial charge in [0.25, 0.3) is 0 Å². The summed E-state index contributed by atoms with van der Waals surface area (Å²) in [6.07, 6.45) is 3.76. The minimum atomic E-state index is -3.35. The molecule has 0 bridgehead atoms. The van der Waals surface area contributed by atoms with Gasteiger partial charge < -0.3 is 5.73 Å². The summed E-state index contributed by atoms with van der Waals surface area (Å²) in [5.74, 6) is 0. The van der Waals surface area contributed by atoms with Gasteiger partial charge in [-0.3, -0.25) is 0 Å². The maximum Gasteiger partial charge on any atom is 0.243 e. The number of rotatable bonds is 5. The Balaban J connectivity index is 2.12. The third kappa shape index (κ3) is 3.65. The molecule has 1 saturated heterocycles. The Morgan fingerprint density at radius 2 is 1.76 bits per heavy atom. The predicted octanol–water partition coefficient (Wildman–Crippen LogP) is 2.39. The van der Waals surface area contributed by atoms with Crippen molar-refractivity contribution in [3.05, 3.63) is 29.8 Å². The molecule has 0 amide bonds. The minimum absolute atomic E-state index is 0.289. The van der Waals surface area contributed by atoms with Gasteiger partial charge in [-0.05, 0) is 48.9 Å². The Morgan fingerprint density at radius 1 is 1.19 bits per heavy atom. The molecule has 0 aliphatic carbocycles. The van der Waals surface area contributed by atoms with Crippen LogP contribution in [0.15, 0.2) is 29.2 Å². The third-order valence-corrected chi connectivity index (χ3v) is 6.69. The fourth-order valence-corrected chi connectivity index (χ4v) is 4.21. The maximum absolute atomic E-state index is 12.7. The SMILES string of the molecule is CCC1(C)CCN(S(=O)(=O)c2ccc(CCN)cc2)CC1. The van der Waals surface area contributed by atoms with Crippen LogP contribution in [0.2, 0.25) is 0 Å². The topological polar surface area (TPSA) is 63.4 Å². The van der Waals surface area contributed by atoms with E-state index in [1.807, 2.05) is 12.1 Å². The molecule has 21 heavy (non-hydrogen) atoms. The van der Waals surface area contributed by atoms with E-state index < -0.39 is 10.0 Å². The van der Waals surface area contributed by atoms with Gasteiger partial charge in [0, 0.05) is 13.1 Å². The summed E-state index contributed by atoms with van der Waals surface area (Å²) in [5.41, 5.74) is 6.88. The molecule has 4 nitrogen and oxygen atoms in total. The van der Waals surface area contributed by atoms with Crippen molar-refractivity contribution in [1.82, 2.24) is 4.31 Å². The molecule has 5 heteroatoms. The first-order chi connectivity index (χ1) is 9.91. The van der Waals surface area contributed by atoms with Crippen molar-refractivity contribution < 1.29 is 8.42 Å². The molecule has 1 heterocycles. The van der Waals surface area contributed by atoms with E-state index in [1.54, 1.807) is 16.4 Å². The quantitative estimate of drug-likeness (QED) is 0.908. The second-order valence-corrected chi connectivity index (χ2v) is 8.19. The highest BCUT2D eigenvalue weighted by molar-refractivity contribution is 7.89. The van der Waals surface area contributed by atoms with E-state index in [0.29, 0.717) is 24.5 Å². The molecule has 1 aromatic carbocycles. The predicted molar refractivity (Wildman–Crippen MR) is 85.6 cm³/mol. The number of sulfonamides is 1. The molecule has 2 rings (SSSR count). The largest absolute Gasteiger partial charge is 0.330 e. The van der Waals surface area contributed by atoms with Crippen LogP contribution in [0, 0.1) is 5.41 Å². The summed E-state index contributed by atoms with van der Waals surface area (Å²) in [4.78, 5) is 0.392. The van der Waals surface area contributed by atoms with Crippen molar-refractivity contribution in [1.29, 1.82) is 0 Å². The molecule has 0 unspecified atom stereocenters. The van der Waals surface area contributed by atoms with Crippen LogP contribution >= 0.6 is 0 Å². The maximum atomic E-state index is 12.7. The van der Waals surface area contributed by atoms with Crippen molar-refractivity contribution in [2.24, 2.45) is 11.1 Å². The fraction of sp³-hybridized carbons (Fsp3) is 0.625. The zero-order valence-corrected chi connectivity index (χ0v) is 13.8. The highest BCUT2D eigenvalue weighted by Crippen LogP contribution is 2.35. The van der Waals surface area contributed by atoms with Gasteiger partial charge in [-0.1, -0.05) is 32.4 Å². The van der Waals surface area contributed by atoms with Gasteiger partial charge in [0.15, 0.2) is 0 Å². The third-order valence-electron chi connectivity index (χ3n) is 4.78. The normalized spacial score (nSPS) is 19.6. The lowest BCUT2D eigenvalue weighted by Crippen LogP contribution is -2.41. The summed E-state index contributed by atoms with van der Waals surface area (Å²) < 4.78 is 26.9. The number of benzene rings is 1. The first-order valence-corrected chi connectivity index (χ1v) is 9.14. The first-order valence-electron chi connectivity index (χ1n) is 7.70. The summed E-state index contributed by atoms with van der Waals surface area (Å²) in [5, 5.41) is 0. The summed E-state index contributed by atoms with van der Waals surface area (Å²) in [6.45, 7) is 6.25. The van der Waals surface area contributed by atoms with Crippen LogP contribution in [0.4, 0.5) is 0 Å². The van der Waals surface area contributed by atoms with Gasteiger partial charge in [-0.2, -0.15) is 4.31 Å². The highest BCUT2D eigenvalue weighted by Gasteiger charge is 2.34. The summed E-state index contributed by atoms with van der Waals surface area (Å²) >= 11 is 0. The number of hydrogen-bond acceptors (Lipinski definition) is 3. The molecule has 1 aliphatic rings. The zero-order valence-electron chi connectivity index (χ0n) is 13.0. The van der Waals surface area contributed by atoms with Crippen molar-refractivity contribution >= 4 is 10.0 Å². The van der Waals surface area contributed by atoms with Crippen LogP contribution in [0.1, 0.15) is 38.7 Å². The molecule has 1 fully saturated rings. The van der Waals surface area contributed by atoms with E-state index >= 15 is 0 Å². The molecule has 0 radical (unpaired) electrons. The van der Waals surface area contributed by atoms with Gasteiger partial charge in [-0.15, -0.1) is 0 Å². The van der Waals surface area contributed by atoms with Gasteiger partial charge in [0.1, 0.15) is 0 Å². The van der Waals surface area contributed by atoms with Crippen LogP contribution in [0.25, 0.3) is 0 Å². The summed E-state index contributed by atoms with van der Waals surface area (Å²) in [7, 11) is -3.35. The van der Waals surface area contributed by atoms with Crippen molar-refractivity contribution in [2.75, 3.05) is 19.6 Å². The minimum Gasteiger partial charge on any atom is -0.330 e. The van der Waals surface area contributed by atoms with Crippen LogP contribution in [-0.4, -0.2) is 32.4 Å². The van der Waals surface area contributed by atoms with E-state index in [2.05, 4.69) is 13.8 Å². The van der Waals surface area contributed by atoms with E-state index in [9.17, 15) is 8.42 Å². The molecule has 1 aliphatic heterocycles. The molecule has 0 aromatic heterocycles. The zero-order chi connectivity index (χ0) is 15.5. The standard InChI is InChI=1S/C16H26N2O2S/c1-3-16(2)9-12-18(13-10-16)21(19,20)15-6-4-14(5-7-15)8-11-17/h4-7H,3,8-13,17H2,1-2H3. The Labute approximate surface area is 128 Å². The van der Waals surface area contributed by atoms with Crippen molar-refractivity contribution in [3.8, 4) is 0 Å². The lowest BCUT2D eigenvalue weighted by Gasteiger charge is -2.38. The Morgan fingerprint density at radius 3 is 2.24 bits per heavy atom. The highest BCUT2D eigenvalue weighted by atomic mass is 32.2. The smallest absolute Gasteiger partial charge is 0.243 e. The molecule has 0 atom stereocenters. The van der Waals surface area contributed by atoms with Gasteiger partial charge in [-0.25, -0.2) is 8.42 Å². The molecule has 1 aromatic rings. The number of nitrogens with zero attached hydrogens (tertiary/aromatic N) is 1. The lowest BCUT2D eigenvalue weighted by molar-refractivity contribution is 0.169. The molecule has 0 spiro atoms. The Kier molecular flexibility index (Phi) is 5.07. The van der Waals surface area contributed by atoms with E-state index in [1.165, 1.54) is 0 Å². The number of hydrogen-bond donors (Lipinski definition) is 1. The van der Waals surface area contributed by atoms with Gasteiger partial charge in [0.2, 0.25) is 10.0 Å². The fourth-order valence-electron chi connectivity index (χ4n) is 2.76. The van der Waals surface area contributed by atoms with E-state index in [4.69, 9.17) is 5.73 Å². The molecule has 0 saturated carbocycles. The lowest BCUT2D eigenvalue weighted by atomic mass is 9.79. The second-order valence-electron chi connectivity index (χ2n) is 6.25. The first kappa shape index (κ1) is 16.5. The van der Waals surface area contributed by atoms with Crippen LogP contribution in [0.3, 0.4) is 0 Å². The van der Waals surface area contributed by atoms with Crippen LogP contribution < -0.4 is 5.73 Å². The van der Waals surface area contributed by atoms with Gasteiger partial charge in [0.05, 0.1) is 4.90 Å². The van der Waals surface area contributed by atoms with Crippen molar-refractivity contribution in [3.63, 3.8) is 0 Å². The molecular formula is C16H26N2O2S. The van der Waals surface area contributed by atoms with Crippen LogP contribution in [0.5, 0.6) is 0 Å². The van der Waals surface area contributed by atoms with E-state index in [-0.39, 0.29) is 5.41 Å².